The van der Waals surface area contributed by atoms with Gasteiger partial charge >= 0.3 is 11.9 Å². The fraction of sp³-hybridized carbons (Fsp3) is 0.412. The van der Waals surface area contributed by atoms with Crippen LogP contribution in [0.5, 0.6) is 0 Å². The zero-order valence-corrected chi connectivity index (χ0v) is 14.0. The highest BCUT2D eigenvalue weighted by molar-refractivity contribution is 5.13. The van der Waals surface area contributed by atoms with E-state index in [9.17, 15) is 27.9 Å². The van der Waals surface area contributed by atoms with Crippen LogP contribution < -0.4 is 11.2 Å². The molecule has 0 aliphatic carbocycles. The molecule has 3 atom stereocenters. The Labute approximate surface area is 151 Å². The molecule has 1 fully saturated rings. The molecule has 2 heterocycles. The smallest absolute Gasteiger partial charge is 0.394 e. The van der Waals surface area contributed by atoms with Crippen LogP contribution >= 0.6 is 0 Å². The van der Waals surface area contributed by atoms with Gasteiger partial charge in [0, 0.05) is 12.6 Å². The molecule has 1 aromatic carbocycles. The number of nitrogens with one attached hydrogen (secondary N) is 1. The molecule has 0 radical (unpaired) electrons. The first kappa shape index (κ1) is 19.3. The van der Waals surface area contributed by atoms with Crippen LogP contribution in [0.4, 0.5) is 13.2 Å². The molecule has 0 amide bonds. The second kappa shape index (κ2) is 7.67. The monoisotopic (exact) mass is 386 g/mol. The number of halogens is 3. The molecule has 1 saturated heterocycles. The molecule has 2 aromatic rings. The minimum atomic E-state index is -4.92. The van der Waals surface area contributed by atoms with E-state index in [0.717, 1.165) is 5.56 Å². The van der Waals surface area contributed by atoms with Crippen LogP contribution in [-0.2, 0) is 22.3 Å². The molecular formula is C17H17F3N2O5. The first-order valence-electron chi connectivity index (χ1n) is 8.14. The van der Waals surface area contributed by atoms with Crippen molar-refractivity contribution in [2.75, 3.05) is 6.61 Å². The fourth-order valence-electron chi connectivity index (χ4n) is 2.89. The number of benzene rings is 1. The Morgan fingerprint density at radius 3 is 2.59 bits per heavy atom. The Kier molecular flexibility index (Phi) is 5.49. The zero-order valence-electron chi connectivity index (χ0n) is 14.0. The van der Waals surface area contributed by atoms with Gasteiger partial charge in [-0.25, -0.2) is 4.79 Å². The zero-order chi connectivity index (χ0) is 19.6. The van der Waals surface area contributed by atoms with Crippen molar-refractivity contribution in [1.82, 2.24) is 9.55 Å². The number of aromatic nitrogens is 2. The van der Waals surface area contributed by atoms with E-state index < -0.39 is 48.0 Å². The second-order valence-electron chi connectivity index (χ2n) is 6.09. The van der Waals surface area contributed by atoms with Crippen LogP contribution in [0.1, 0.15) is 23.8 Å². The first-order chi connectivity index (χ1) is 12.8. The highest BCUT2D eigenvalue weighted by atomic mass is 19.4. The third-order valence-electron chi connectivity index (χ3n) is 4.25. The van der Waals surface area contributed by atoms with Crippen molar-refractivity contribution in [2.24, 2.45) is 0 Å². The number of rotatable bonds is 5. The summed E-state index contributed by atoms with van der Waals surface area (Å²) in [5.74, 6) is 0. The van der Waals surface area contributed by atoms with Crippen molar-refractivity contribution < 1.29 is 27.8 Å². The highest BCUT2D eigenvalue weighted by Crippen LogP contribution is 2.32. The summed E-state index contributed by atoms with van der Waals surface area (Å²) in [4.78, 5) is 25.0. The molecule has 2 N–H and O–H groups in total. The second-order valence-corrected chi connectivity index (χ2v) is 6.09. The lowest BCUT2D eigenvalue weighted by atomic mass is 10.1. The molecule has 1 aromatic heterocycles. The van der Waals surface area contributed by atoms with Gasteiger partial charge in [-0.15, -0.1) is 0 Å². The van der Waals surface area contributed by atoms with E-state index >= 15 is 0 Å². The van der Waals surface area contributed by atoms with E-state index in [1.807, 2.05) is 30.3 Å². The number of ether oxygens (including phenoxy) is 2. The van der Waals surface area contributed by atoms with Crippen LogP contribution in [0.2, 0.25) is 0 Å². The van der Waals surface area contributed by atoms with Crippen LogP contribution in [0.15, 0.2) is 46.1 Å². The standard InChI is InChI=1S/C17H17F3N2O5/c18-17(19,20)11-7-22(16(25)21-15(11)24)14-6-12(13(8-23)27-14)26-9-10-4-2-1-3-5-10/h1-5,7,12-14,23H,6,8-9H2,(H,21,24,25)/t12-,13+,14?/m0/s1. The van der Waals surface area contributed by atoms with Gasteiger partial charge in [0.1, 0.15) is 17.9 Å². The average Bonchev–Trinajstić information content (AvgIpc) is 3.02. The van der Waals surface area contributed by atoms with Gasteiger partial charge in [-0.05, 0) is 5.56 Å². The van der Waals surface area contributed by atoms with Crippen LogP contribution in [0.25, 0.3) is 0 Å². The van der Waals surface area contributed by atoms with Crippen LogP contribution in [0, 0.1) is 0 Å². The third kappa shape index (κ3) is 4.29. The Morgan fingerprint density at radius 1 is 1.26 bits per heavy atom. The molecule has 0 saturated carbocycles. The topological polar surface area (TPSA) is 93.6 Å². The Balaban J connectivity index is 1.80. The van der Waals surface area contributed by atoms with Crippen molar-refractivity contribution in [3.63, 3.8) is 0 Å². The third-order valence-corrected chi connectivity index (χ3v) is 4.25. The lowest BCUT2D eigenvalue weighted by Gasteiger charge is -2.16. The average molecular weight is 386 g/mol. The molecule has 10 heteroatoms. The number of aliphatic hydroxyl groups is 1. The van der Waals surface area contributed by atoms with Crippen molar-refractivity contribution in [1.29, 1.82) is 0 Å². The van der Waals surface area contributed by atoms with Gasteiger partial charge in [-0.1, -0.05) is 30.3 Å². The number of alkyl halides is 3. The lowest BCUT2D eigenvalue weighted by molar-refractivity contribution is -0.139. The van der Waals surface area contributed by atoms with Gasteiger partial charge in [0.25, 0.3) is 5.56 Å². The number of hydrogen-bond acceptors (Lipinski definition) is 5. The molecule has 1 aliphatic heterocycles. The van der Waals surface area contributed by atoms with E-state index in [1.54, 1.807) is 4.98 Å². The number of aliphatic hydroxyl groups excluding tert-OH is 1. The minimum absolute atomic E-state index is 0.0430. The Morgan fingerprint density at radius 2 is 1.96 bits per heavy atom. The van der Waals surface area contributed by atoms with E-state index in [1.165, 1.54) is 0 Å². The molecule has 7 nitrogen and oxygen atoms in total. The van der Waals surface area contributed by atoms with E-state index in [2.05, 4.69) is 0 Å². The van der Waals surface area contributed by atoms with E-state index in [-0.39, 0.29) is 13.0 Å². The van der Waals surface area contributed by atoms with Gasteiger partial charge in [0.05, 0.1) is 19.3 Å². The van der Waals surface area contributed by atoms with Crippen molar-refractivity contribution in [3.05, 3.63) is 68.5 Å². The molecule has 3 rings (SSSR count). The van der Waals surface area contributed by atoms with Crippen molar-refractivity contribution >= 4 is 0 Å². The Bertz CT molecular complexity index is 894. The number of hydrogen-bond donors (Lipinski definition) is 2. The largest absolute Gasteiger partial charge is 0.423 e. The molecule has 0 bridgehead atoms. The van der Waals surface area contributed by atoms with Gasteiger partial charge < -0.3 is 14.6 Å². The summed E-state index contributed by atoms with van der Waals surface area (Å²) < 4.78 is 50.7. The maximum atomic E-state index is 12.9. The van der Waals surface area contributed by atoms with Gasteiger partial charge in [-0.2, -0.15) is 13.2 Å². The normalized spacial score (nSPS) is 22.9. The summed E-state index contributed by atoms with van der Waals surface area (Å²) in [7, 11) is 0. The fourth-order valence-corrected chi connectivity index (χ4v) is 2.89. The summed E-state index contributed by atoms with van der Waals surface area (Å²) in [5.41, 5.74) is -3.17. The highest BCUT2D eigenvalue weighted by Gasteiger charge is 2.39. The van der Waals surface area contributed by atoms with E-state index in [0.29, 0.717) is 10.8 Å². The van der Waals surface area contributed by atoms with Gasteiger partial charge in [0.2, 0.25) is 0 Å². The molecule has 27 heavy (non-hydrogen) atoms. The predicted molar refractivity (Wildman–Crippen MR) is 87.0 cm³/mol. The first-order valence-corrected chi connectivity index (χ1v) is 8.14. The quantitative estimate of drug-likeness (QED) is 0.811. The molecule has 1 unspecified atom stereocenters. The van der Waals surface area contributed by atoms with Crippen molar-refractivity contribution in [3.8, 4) is 0 Å². The van der Waals surface area contributed by atoms with Crippen LogP contribution in [-0.4, -0.2) is 33.5 Å². The predicted octanol–water partition coefficient (Wildman–Crippen LogP) is 1.42. The summed E-state index contributed by atoms with van der Waals surface area (Å²) in [6.07, 6.45) is -6.99. The van der Waals surface area contributed by atoms with Gasteiger partial charge in [-0.3, -0.25) is 14.3 Å². The molecular weight excluding hydrogens is 369 g/mol. The Hall–Kier alpha value is -2.43. The SMILES string of the molecule is O=c1[nH]c(=O)n(C2C[C@H](OCc3ccccc3)[C@@H](CO)O2)cc1C(F)(F)F. The van der Waals surface area contributed by atoms with E-state index in [4.69, 9.17) is 9.47 Å². The number of nitrogens with zero attached hydrogens (tertiary/aromatic N) is 1. The van der Waals surface area contributed by atoms with Gasteiger partial charge in [0.15, 0.2) is 0 Å². The molecule has 1 aliphatic rings. The number of H-pyrrole nitrogens is 1. The molecule has 146 valence electrons. The summed E-state index contributed by atoms with van der Waals surface area (Å²) >= 11 is 0. The number of aromatic amines is 1. The maximum absolute atomic E-state index is 12.9. The van der Waals surface area contributed by atoms with Crippen molar-refractivity contribution in [2.45, 2.75) is 37.6 Å². The summed E-state index contributed by atoms with van der Waals surface area (Å²) in [6, 6.07) is 9.17. The lowest BCUT2D eigenvalue weighted by Crippen LogP contribution is -2.36. The van der Waals surface area contributed by atoms with Crippen LogP contribution in [0.3, 0.4) is 0 Å². The summed E-state index contributed by atoms with van der Waals surface area (Å²) in [5, 5.41) is 9.47. The summed E-state index contributed by atoms with van der Waals surface area (Å²) in [6.45, 7) is -0.216. The maximum Gasteiger partial charge on any atom is 0.423 e. The molecule has 0 spiro atoms. The minimum Gasteiger partial charge on any atom is -0.394 e.